The largest absolute Gasteiger partial charge is 0.416 e. The Hall–Kier alpha value is -1.10. The highest BCUT2D eigenvalue weighted by Crippen LogP contribution is 2.29. The molecule has 0 fully saturated rings. The summed E-state index contributed by atoms with van der Waals surface area (Å²) < 4.78 is 50.2. The summed E-state index contributed by atoms with van der Waals surface area (Å²) in [5.41, 5.74) is -0.376. The summed E-state index contributed by atoms with van der Waals surface area (Å²) in [6, 6.07) is 4.76. The maximum Gasteiger partial charge on any atom is 0.416 e. The standard InChI is InChI=1S/C11H13F4N/c1-16-7-10(12)6-8-3-2-4-9(5-8)11(13,14)15/h2-5,10,16H,6-7H2,1H3. The van der Waals surface area contributed by atoms with Gasteiger partial charge in [-0.15, -0.1) is 0 Å². The summed E-state index contributed by atoms with van der Waals surface area (Å²) in [6.45, 7) is 0.135. The molecule has 5 heteroatoms. The molecular formula is C11H13F4N. The molecule has 0 aliphatic rings. The molecule has 1 unspecified atom stereocenters. The van der Waals surface area contributed by atoms with Crippen LogP contribution in [0.25, 0.3) is 0 Å². The minimum absolute atomic E-state index is 0.00917. The van der Waals surface area contributed by atoms with Gasteiger partial charge in [-0.05, 0) is 18.7 Å². The van der Waals surface area contributed by atoms with E-state index >= 15 is 0 Å². The third kappa shape index (κ3) is 3.81. The van der Waals surface area contributed by atoms with Gasteiger partial charge in [-0.3, -0.25) is 0 Å². The van der Waals surface area contributed by atoms with E-state index in [1.807, 2.05) is 0 Å². The predicted octanol–water partition coefficient (Wildman–Crippen LogP) is 2.81. The van der Waals surface area contributed by atoms with E-state index in [9.17, 15) is 17.6 Å². The summed E-state index contributed by atoms with van der Waals surface area (Å²) >= 11 is 0. The highest BCUT2D eigenvalue weighted by Gasteiger charge is 2.30. The van der Waals surface area contributed by atoms with E-state index in [-0.39, 0.29) is 13.0 Å². The number of alkyl halides is 4. The van der Waals surface area contributed by atoms with Crippen LogP contribution in [0.1, 0.15) is 11.1 Å². The molecule has 0 amide bonds. The molecule has 16 heavy (non-hydrogen) atoms. The molecule has 0 aliphatic carbocycles. The molecule has 0 aromatic heterocycles. The summed E-state index contributed by atoms with van der Waals surface area (Å²) in [4.78, 5) is 0. The van der Waals surface area contributed by atoms with E-state index in [1.165, 1.54) is 12.1 Å². The molecule has 1 aromatic rings. The lowest BCUT2D eigenvalue weighted by Crippen LogP contribution is -2.21. The quantitative estimate of drug-likeness (QED) is 0.791. The average molecular weight is 235 g/mol. The zero-order valence-corrected chi connectivity index (χ0v) is 8.81. The second-order valence-corrected chi connectivity index (χ2v) is 3.56. The van der Waals surface area contributed by atoms with Crippen molar-refractivity contribution < 1.29 is 17.6 Å². The first-order chi connectivity index (χ1) is 7.43. The molecule has 1 N–H and O–H groups in total. The zero-order valence-electron chi connectivity index (χ0n) is 8.81. The molecule has 1 aromatic carbocycles. The number of nitrogens with one attached hydrogen (secondary N) is 1. The van der Waals surface area contributed by atoms with Crippen LogP contribution < -0.4 is 5.32 Å². The van der Waals surface area contributed by atoms with Crippen LogP contribution in [-0.2, 0) is 12.6 Å². The Morgan fingerprint density at radius 3 is 2.56 bits per heavy atom. The van der Waals surface area contributed by atoms with Crippen LogP contribution in [0, 0.1) is 0 Å². The molecule has 0 spiro atoms. The lowest BCUT2D eigenvalue weighted by Gasteiger charge is -2.10. The van der Waals surface area contributed by atoms with Gasteiger partial charge in [-0.1, -0.05) is 18.2 Å². The topological polar surface area (TPSA) is 12.0 Å². The van der Waals surface area contributed by atoms with Crippen LogP contribution >= 0.6 is 0 Å². The number of hydrogen-bond acceptors (Lipinski definition) is 1. The SMILES string of the molecule is CNCC(F)Cc1cccc(C(F)(F)F)c1. The fraction of sp³-hybridized carbons (Fsp3) is 0.455. The van der Waals surface area contributed by atoms with Crippen molar-refractivity contribution >= 4 is 0 Å². The normalized spacial score (nSPS) is 13.8. The Balaban J connectivity index is 2.75. The second kappa shape index (κ2) is 5.30. The van der Waals surface area contributed by atoms with Crippen molar-refractivity contribution in [3.63, 3.8) is 0 Å². The van der Waals surface area contributed by atoms with Crippen molar-refractivity contribution in [3.05, 3.63) is 35.4 Å². The Morgan fingerprint density at radius 1 is 1.31 bits per heavy atom. The molecule has 1 atom stereocenters. The minimum atomic E-state index is -4.37. The average Bonchev–Trinajstić information content (AvgIpc) is 2.17. The lowest BCUT2D eigenvalue weighted by molar-refractivity contribution is -0.137. The van der Waals surface area contributed by atoms with Crippen LogP contribution in [0.4, 0.5) is 17.6 Å². The van der Waals surface area contributed by atoms with Gasteiger partial charge >= 0.3 is 6.18 Å². The Morgan fingerprint density at radius 2 is 2.00 bits per heavy atom. The first-order valence-corrected chi connectivity index (χ1v) is 4.88. The van der Waals surface area contributed by atoms with Gasteiger partial charge in [0.1, 0.15) is 6.17 Å². The second-order valence-electron chi connectivity index (χ2n) is 3.56. The van der Waals surface area contributed by atoms with Crippen LogP contribution in [0.5, 0.6) is 0 Å². The Kier molecular flexibility index (Phi) is 4.29. The maximum absolute atomic E-state index is 13.2. The summed E-state index contributed by atoms with van der Waals surface area (Å²) in [6.07, 6.45) is -5.55. The first kappa shape index (κ1) is 13.0. The molecule has 0 bridgehead atoms. The number of halogens is 4. The van der Waals surface area contributed by atoms with Crippen molar-refractivity contribution in [2.24, 2.45) is 0 Å². The van der Waals surface area contributed by atoms with Gasteiger partial charge in [-0.25, -0.2) is 4.39 Å². The van der Waals surface area contributed by atoms with Crippen LogP contribution in [0.3, 0.4) is 0 Å². The van der Waals surface area contributed by atoms with Gasteiger partial charge in [0.25, 0.3) is 0 Å². The lowest BCUT2D eigenvalue weighted by atomic mass is 10.1. The number of benzene rings is 1. The Bertz CT molecular complexity index is 335. The summed E-state index contributed by atoms with van der Waals surface area (Å²) in [7, 11) is 1.60. The Labute approximate surface area is 91.5 Å². The number of rotatable bonds is 4. The van der Waals surface area contributed by atoms with E-state index in [0.29, 0.717) is 5.56 Å². The molecule has 0 saturated carbocycles. The monoisotopic (exact) mass is 235 g/mol. The van der Waals surface area contributed by atoms with Crippen LogP contribution in [0.15, 0.2) is 24.3 Å². The van der Waals surface area contributed by atoms with E-state index in [2.05, 4.69) is 5.32 Å². The highest BCUT2D eigenvalue weighted by atomic mass is 19.4. The molecular weight excluding hydrogens is 222 g/mol. The van der Waals surface area contributed by atoms with Crippen molar-refractivity contribution in [3.8, 4) is 0 Å². The smallest absolute Gasteiger partial charge is 0.317 e. The third-order valence-corrected chi connectivity index (χ3v) is 2.14. The fourth-order valence-electron chi connectivity index (χ4n) is 1.42. The van der Waals surface area contributed by atoms with Crippen molar-refractivity contribution in [2.45, 2.75) is 18.8 Å². The molecule has 0 saturated heterocycles. The van der Waals surface area contributed by atoms with Crippen molar-refractivity contribution in [1.29, 1.82) is 0 Å². The van der Waals surface area contributed by atoms with E-state index in [1.54, 1.807) is 7.05 Å². The summed E-state index contributed by atoms with van der Waals surface area (Å²) in [5.74, 6) is 0. The fourth-order valence-corrected chi connectivity index (χ4v) is 1.42. The van der Waals surface area contributed by atoms with Gasteiger partial charge < -0.3 is 5.32 Å². The van der Waals surface area contributed by atoms with Gasteiger partial charge in [0.05, 0.1) is 5.56 Å². The minimum Gasteiger partial charge on any atom is -0.317 e. The number of hydrogen-bond donors (Lipinski definition) is 1. The van der Waals surface area contributed by atoms with Gasteiger partial charge in [-0.2, -0.15) is 13.2 Å². The van der Waals surface area contributed by atoms with Gasteiger partial charge in [0.2, 0.25) is 0 Å². The predicted molar refractivity (Wildman–Crippen MR) is 54.0 cm³/mol. The zero-order chi connectivity index (χ0) is 12.2. The third-order valence-electron chi connectivity index (χ3n) is 2.14. The maximum atomic E-state index is 13.2. The molecule has 0 aliphatic heterocycles. The highest BCUT2D eigenvalue weighted by molar-refractivity contribution is 5.26. The molecule has 0 radical (unpaired) electrons. The van der Waals surface area contributed by atoms with E-state index in [0.717, 1.165) is 12.1 Å². The first-order valence-electron chi connectivity index (χ1n) is 4.88. The van der Waals surface area contributed by atoms with Crippen LogP contribution in [-0.4, -0.2) is 19.8 Å². The van der Waals surface area contributed by atoms with Crippen molar-refractivity contribution in [2.75, 3.05) is 13.6 Å². The molecule has 0 heterocycles. The van der Waals surface area contributed by atoms with Gasteiger partial charge in [0.15, 0.2) is 0 Å². The molecule has 1 nitrogen and oxygen atoms in total. The van der Waals surface area contributed by atoms with Crippen molar-refractivity contribution in [1.82, 2.24) is 5.32 Å². The van der Waals surface area contributed by atoms with Crippen LogP contribution in [0.2, 0.25) is 0 Å². The van der Waals surface area contributed by atoms with Gasteiger partial charge in [0, 0.05) is 13.0 Å². The van der Waals surface area contributed by atoms with E-state index < -0.39 is 17.9 Å². The molecule has 1 rings (SSSR count). The summed E-state index contributed by atoms with van der Waals surface area (Å²) in [5, 5.41) is 2.64. The van der Waals surface area contributed by atoms with E-state index in [4.69, 9.17) is 0 Å². The molecule has 90 valence electrons.